The first kappa shape index (κ1) is 13.2. The maximum absolute atomic E-state index is 5.52. The fourth-order valence-corrected chi connectivity index (χ4v) is 1.41. The lowest BCUT2D eigenvalue weighted by Crippen LogP contribution is -2.11. The summed E-state index contributed by atoms with van der Waals surface area (Å²) in [6.45, 7) is 4.66. The summed E-state index contributed by atoms with van der Waals surface area (Å²) < 4.78 is 10.8. The van der Waals surface area contributed by atoms with Crippen LogP contribution in [0.4, 0.5) is 5.82 Å². The average molecular weight is 264 g/mol. The van der Waals surface area contributed by atoms with Gasteiger partial charge in [0.1, 0.15) is 12.4 Å². The van der Waals surface area contributed by atoms with E-state index in [1.54, 1.807) is 12.1 Å². The van der Waals surface area contributed by atoms with E-state index in [1.807, 2.05) is 13.8 Å². The van der Waals surface area contributed by atoms with Crippen LogP contribution in [0.1, 0.15) is 18.4 Å². The van der Waals surface area contributed by atoms with Crippen molar-refractivity contribution in [1.82, 2.24) is 20.2 Å². The monoisotopic (exact) mass is 264 g/mol. The minimum atomic E-state index is 0.294. The second-order valence-electron chi connectivity index (χ2n) is 3.78. The normalized spacial score (nSPS) is 10.5. The molecule has 0 aromatic carbocycles. The SMILES string of the molecule is CCOCc1nc(NN)cc(Oc2cc(C)[nH]n2)n1. The Hall–Kier alpha value is -2.19. The van der Waals surface area contributed by atoms with Crippen molar-refractivity contribution in [1.29, 1.82) is 0 Å². The topological polar surface area (TPSA) is 111 Å². The van der Waals surface area contributed by atoms with E-state index in [-0.39, 0.29) is 0 Å². The quantitative estimate of drug-likeness (QED) is 0.529. The van der Waals surface area contributed by atoms with Crippen LogP contribution >= 0.6 is 0 Å². The van der Waals surface area contributed by atoms with Crippen LogP contribution < -0.4 is 16.0 Å². The number of hydrazine groups is 1. The number of H-pyrrole nitrogens is 1. The highest BCUT2D eigenvalue weighted by atomic mass is 16.5. The third-order valence-corrected chi connectivity index (χ3v) is 2.22. The van der Waals surface area contributed by atoms with Gasteiger partial charge in [-0.05, 0) is 13.8 Å². The Morgan fingerprint density at radius 1 is 1.32 bits per heavy atom. The highest BCUT2D eigenvalue weighted by Gasteiger charge is 2.08. The summed E-state index contributed by atoms with van der Waals surface area (Å²) in [6, 6.07) is 3.35. The molecule has 0 radical (unpaired) electrons. The van der Waals surface area contributed by atoms with Crippen LogP contribution in [0.3, 0.4) is 0 Å². The van der Waals surface area contributed by atoms with Gasteiger partial charge in [-0.25, -0.2) is 10.8 Å². The summed E-state index contributed by atoms with van der Waals surface area (Å²) in [7, 11) is 0. The van der Waals surface area contributed by atoms with Crippen molar-refractivity contribution >= 4 is 5.82 Å². The van der Waals surface area contributed by atoms with Gasteiger partial charge < -0.3 is 14.9 Å². The van der Waals surface area contributed by atoms with Gasteiger partial charge in [0.05, 0.1) is 0 Å². The van der Waals surface area contributed by atoms with E-state index >= 15 is 0 Å². The highest BCUT2D eigenvalue weighted by molar-refractivity contribution is 5.38. The molecule has 0 aliphatic heterocycles. The Morgan fingerprint density at radius 3 is 2.79 bits per heavy atom. The van der Waals surface area contributed by atoms with Crippen LogP contribution in [0, 0.1) is 6.92 Å². The lowest BCUT2D eigenvalue weighted by atomic mass is 10.5. The van der Waals surface area contributed by atoms with Crippen molar-refractivity contribution in [2.75, 3.05) is 12.0 Å². The lowest BCUT2D eigenvalue weighted by molar-refractivity contribution is 0.128. The maximum Gasteiger partial charge on any atom is 0.240 e. The van der Waals surface area contributed by atoms with Crippen molar-refractivity contribution in [2.45, 2.75) is 20.5 Å². The fourth-order valence-electron chi connectivity index (χ4n) is 1.41. The average Bonchev–Trinajstić information content (AvgIpc) is 2.81. The Morgan fingerprint density at radius 2 is 2.16 bits per heavy atom. The summed E-state index contributed by atoms with van der Waals surface area (Å²) in [5, 5.41) is 6.75. The molecule has 2 aromatic heterocycles. The minimum absolute atomic E-state index is 0.294. The van der Waals surface area contributed by atoms with E-state index in [0.717, 1.165) is 5.69 Å². The van der Waals surface area contributed by atoms with Crippen LogP contribution in [-0.2, 0) is 11.3 Å². The maximum atomic E-state index is 5.52. The first-order valence-corrected chi connectivity index (χ1v) is 5.83. The predicted octanol–water partition coefficient (Wildman–Crippen LogP) is 1.12. The molecule has 102 valence electrons. The van der Waals surface area contributed by atoms with Crippen molar-refractivity contribution in [3.63, 3.8) is 0 Å². The minimum Gasteiger partial charge on any atom is -0.419 e. The van der Waals surface area contributed by atoms with E-state index in [1.165, 1.54) is 0 Å². The number of rotatable bonds is 6. The number of nitrogens with one attached hydrogen (secondary N) is 2. The van der Waals surface area contributed by atoms with Crippen molar-refractivity contribution in [3.05, 3.63) is 23.7 Å². The van der Waals surface area contributed by atoms with E-state index < -0.39 is 0 Å². The zero-order valence-corrected chi connectivity index (χ0v) is 10.8. The van der Waals surface area contributed by atoms with Gasteiger partial charge in [0.25, 0.3) is 0 Å². The summed E-state index contributed by atoms with van der Waals surface area (Å²) in [5.74, 6) is 7.07. The van der Waals surface area contributed by atoms with Crippen LogP contribution in [0.25, 0.3) is 0 Å². The van der Waals surface area contributed by atoms with Gasteiger partial charge in [-0.1, -0.05) is 0 Å². The molecule has 0 aliphatic rings. The molecule has 0 atom stereocenters. The van der Waals surface area contributed by atoms with E-state index in [9.17, 15) is 0 Å². The Kier molecular flexibility index (Phi) is 4.26. The summed E-state index contributed by atoms with van der Waals surface area (Å²) in [4.78, 5) is 8.37. The van der Waals surface area contributed by atoms with Gasteiger partial charge in [-0.15, -0.1) is 5.10 Å². The number of hydrogen-bond acceptors (Lipinski definition) is 7. The summed E-state index contributed by atoms with van der Waals surface area (Å²) in [6.07, 6.45) is 0. The molecular formula is C11H16N6O2. The number of aromatic amines is 1. The molecule has 0 saturated heterocycles. The van der Waals surface area contributed by atoms with Crippen molar-refractivity contribution in [3.8, 4) is 11.8 Å². The Balaban J connectivity index is 2.18. The van der Waals surface area contributed by atoms with E-state index in [2.05, 4.69) is 25.6 Å². The smallest absolute Gasteiger partial charge is 0.240 e. The molecule has 4 N–H and O–H groups in total. The molecule has 8 heteroatoms. The number of aromatic nitrogens is 4. The summed E-state index contributed by atoms with van der Waals surface area (Å²) in [5.41, 5.74) is 3.36. The van der Waals surface area contributed by atoms with Gasteiger partial charge in [0.15, 0.2) is 5.82 Å². The van der Waals surface area contributed by atoms with Crippen molar-refractivity contribution in [2.24, 2.45) is 5.84 Å². The molecule has 8 nitrogen and oxygen atoms in total. The van der Waals surface area contributed by atoms with Gasteiger partial charge in [0, 0.05) is 24.4 Å². The molecule has 2 aromatic rings. The number of ether oxygens (including phenoxy) is 2. The standard InChI is InChI=1S/C11H16N6O2/c1-3-18-6-9-13-8(15-12)5-10(14-9)19-11-4-7(2)16-17-11/h4-5H,3,6,12H2,1-2H3,(H,16,17)(H,13,14,15). The molecule has 0 aliphatic carbocycles. The molecule has 0 saturated carbocycles. The largest absolute Gasteiger partial charge is 0.419 e. The van der Waals surface area contributed by atoms with Gasteiger partial charge in [-0.2, -0.15) is 4.98 Å². The molecule has 0 unspecified atom stereocenters. The van der Waals surface area contributed by atoms with E-state index in [4.69, 9.17) is 15.3 Å². The number of hydrogen-bond donors (Lipinski definition) is 3. The first-order valence-electron chi connectivity index (χ1n) is 5.83. The molecule has 2 heterocycles. The Bertz CT molecular complexity index is 542. The number of nitrogens with two attached hydrogens (primary N) is 1. The van der Waals surface area contributed by atoms with Crippen LogP contribution in [0.5, 0.6) is 11.8 Å². The van der Waals surface area contributed by atoms with E-state index in [0.29, 0.717) is 36.6 Å². The van der Waals surface area contributed by atoms with Gasteiger partial charge >= 0.3 is 0 Å². The molecule has 0 spiro atoms. The van der Waals surface area contributed by atoms with Gasteiger partial charge in [-0.3, -0.25) is 5.10 Å². The third-order valence-electron chi connectivity index (χ3n) is 2.22. The van der Waals surface area contributed by atoms with Gasteiger partial charge in [0.2, 0.25) is 11.8 Å². The van der Waals surface area contributed by atoms with Crippen LogP contribution in [0.2, 0.25) is 0 Å². The van der Waals surface area contributed by atoms with Crippen LogP contribution in [-0.4, -0.2) is 26.8 Å². The zero-order valence-electron chi connectivity index (χ0n) is 10.8. The third kappa shape index (κ3) is 3.63. The number of aryl methyl sites for hydroxylation is 1. The first-order chi connectivity index (χ1) is 9.21. The lowest BCUT2D eigenvalue weighted by Gasteiger charge is -2.07. The number of nitrogens with zero attached hydrogens (tertiary/aromatic N) is 3. The molecule has 0 fully saturated rings. The molecule has 0 bridgehead atoms. The second kappa shape index (κ2) is 6.12. The highest BCUT2D eigenvalue weighted by Crippen LogP contribution is 2.20. The molecule has 0 amide bonds. The van der Waals surface area contributed by atoms with Crippen LogP contribution in [0.15, 0.2) is 12.1 Å². The molecular weight excluding hydrogens is 248 g/mol. The molecule has 19 heavy (non-hydrogen) atoms. The number of nitrogen functional groups attached to an aromatic ring is 1. The Labute approximate surface area is 110 Å². The molecule has 2 rings (SSSR count). The van der Waals surface area contributed by atoms with Crippen molar-refractivity contribution < 1.29 is 9.47 Å². The fraction of sp³-hybridized carbons (Fsp3) is 0.364. The second-order valence-corrected chi connectivity index (χ2v) is 3.78. The number of anilines is 1. The summed E-state index contributed by atoms with van der Waals surface area (Å²) >= 11 is 0. The predicted molar refractivity (Wildman–Crippen MR) is 68.6 cm³/mol. The zero-order chi connectivity index (χ0) is 13.7.